The third-order valence-electron chi connectivity index (χ3n) is 0.659. The Morgan fingerprint density at radius 1 is 1.33 bits per heavy atom. The third kappa shape index (κ3) is 16.0. The van der Waals surface area contributed by atoms with Crippen LogP contribution in [0.5, 0.6) is 0 Å². The number of carbonyl (C=O) groups is 1. The van der Waals surface area contributed by atoms with E-state index in [1.807, 2.05) is 0 Å². The molecule has 0 amide bonds. The highest BCUT2D eigenvalue weighted by molar-refractivity contribution is 7.46. The van der Waals surface area contributed by atoms with E-state index in [9.17, 15) is 9.36 Å². The van der Waals surface area contributed by atoms with Crippen molar-refractivity contribution in [2.24, 2.45) is 0 Å². The number of hydrogen-bond acceptors (Lipinski definition) is 6. The highest BCUT2D eigenvalue weighted by Gasteiger charge is 2.18. The second-order valence-corrected chi connectivity index (χ2v) is 3.29. The molecule has 8 nitrogen and oxygen atoms in total. The Bertz CT molecular complexity index is 242. The zero-order chi connectivity index (χ0) is 12.5. The van der Waals surface area contributed by atoms with Crippen LogP contribution in [0.25, 0.3) is 0 Å². The van der Waals surface area contributed by atoms with Crippen LogP contribution in [0.3, 0.4) is 0 Å². The Hall–Kier alpha value is -0.760. The first-order chi connectivity index (χ1) is 6.74. The molecule has 9 heteroatoms. The first-order valence-electron chi connectivity index (χ1n) is 3.58. The van der Waals surface area contributed by atoms with Crippen molar-refractivity contribution in [1.29, 1.82) is 0 Å². The number of aliphatic hydroxyl groups excluding tert-OH is 2. The van der Waals surface area contributed by atoms with Gasteiger partial charge in [0, 0.05) is 5.57 Å². The molecule has 0 saturated heterocycles. The van der Waals surface area contributed by atoms with Gasteiger partial charge in [-0.15, -0.1) is 0 Å². The van der Waals surface area contributed by atoms with Crippen LogP contribution in [0.2, 0.25) is 0 Å². The standard InChI is InChI=1S/C4H7O6P.C2H6O2/c1-3(2)4(5)9-10-11(6,7)8;3-1-2-4/h1H2,2H3,(H2,6,7,8);3-4H,1-2H2. The first-order valence-corrected chi connectivity index (χ1v) is 5.11. The minimum absolute atomic E-state index is 0.0153. The second-order valence-electron chi connectivity index (χ2n) is 2.16. The van der Waals surface area contributed by atoms with E-state index >= 15 is 0 Å². The summed E-state index contributed by atoms with van der Waals surface area (Å²) in [5, 5.41) is 15.2. The minimum Gasteiger partial charge on any atom is -0.394 e. The zero-order valence-corrected chi connectivity index (χ0v) is 8.88. The number of rotatable bonds is 4. The molecule has 0 aliphatic heterocycles. The first kappa shape index (κ1) is 16.7. The Balaban J connectivity index is 0. The molecule has 0 radical (unpaired) electrons. The highest BCUT2D eigenvalue weighted by Crippen LogP contribution is 2.36. The fourth-order valence-electron chi connectivity index (χ4n) is 0.154. The minimum atomic E-state index is -4.74. The van der Waals surface area contributed by atoms with E-state index in [-0.39, 0.29) is 18.8 Å². The molecule has 0 spiro atoms. The Kier molecular flexibility index (Phi) is 9.49. The summed E-state index contributed by atoms with van der Waals surface area (Å²) in [5.41, 5.74) is -0.0153. The van der Waals surface area contributed by atoms with Crippen molar-refractivity contribution in [3.63, 3.8) is 0 Å². The van der Waals surface area contributed by atoms with Gasteiger partial charge < -0.3 is 20.0 Å². The summed E-state index contributed by atoms with van der Waals surface area (Å²) in [7, 11) is -4.74. The van der Waals surface area contributed by atoms with Gasteiger partial charge in [0.15, 0.2) is 0 Å². The van der Waals surface area contributed by atoms with Gasteiger partial charge in [-0.05, 0) is 6.92 Å². The van der Waals surface area contributed by atoms with Crippen molar-refractivity contribution in [2.75, 3.05) is 13.2 Å². The molecule has 0 saturated carbocycles. The average Bonchev–Trinajstić information content (AvgIpc) is 2.13. The van der Waals surface area contributed by atoms with Crippen LogP contribution in [-0.2, 0) is 18.9 Å². The van der Waals surface area contributed by atoms with Crippen LogP contribution >= 0.6 is 7.82 Å². The number of hydrogen-bond donors (Lipinski definition) is 4. The SMILES string of the molecule is C=C(C)C(=O)OOP(=O)(O)O.OCCO. The predicted octanol–water partition coefficient (Wildman–Crippen LogP) is -0.899. The van der Waals surface area contributed by atoms with Crippen LogP contribution in [-0.4, -0.2) is 39.2 Å². The van der Waals surface area contributed by atoms with Crippen LogP contribution in [0.15, 0.2) is 12.2 Å². The lowest BCUT2D eigenvalue weighted by Crippen LogP contribution is -2.04. The lowest BCUT2D eigenvalue weighted by molar-refractivity contribution is -0.217. The zero-order valence-electron chi connectivity index (χ0n) is 7.99. The van der Waals surface area contributed by atoms with Crippen LogP contribution in [0.1, 0.15) is 6.92 Å². The smallest absolute Gasteiger partial charge is 0.394 e. The molecule has 0 aromatic heterocycles. The van der Waals surface area contributed by atoms with Gasteiger partial charge in [-0.3, -0.25) is 4.89 Å². The van der Waals surface area contributed by atoms with E-state index in [4.69, 9.17) is 20.0 Å². The molecule has 15 heavy (non-hydrogen) atoms. The van der Waals surface area contributed by atoms with Gasteiger partial charge >= 0.3 is 13.8 Å². The molecule has 0 aliphatic carbocycles. The Morgan fingerprint density at radius 3 is 1.93 bits per heavy atom. The Labute approximate surface area is 85.9 Å². The van der Waals surface area contributed by atoms with Crippen molar-refractivity contribution in [3.05, 3.63) is 12.2 Å². The van der Waals surface area contributed by atoms with Gasteiger partial charge in [0.1, 0.15) is 0 Å². The third-order valence-corrected chi connectivity index (χ3v) is 0.927. The molecular formula is C6H13O8P. The van der Waals surface area contributed by atoms with Crippen molar-refractivity contribution >= 4 is 13.8 Å². The molecule has 0 aromatic carbocycles. The van der Waals surface area contributed by atoms with Crippen LogP contribution in [0, 0.1) is 0 Å². The lowest BCUT2D eigenvalue weighted by atomic mass is 10.4. The van der Waals surface area contributed by atoms with Crippen molar-refractivity contribution in [2.45, 2.75) is 6.92 Å². The molecule has 0 bridgehead atoms. The Morgan fingerprint density at radius 2 is 1.73 bits per heavy atom. The van der Waals surface area contributed by atoms with Crippen molar-refractivity contribution < 1.29 is 38.9 Å². The summed E-state index contributed by atoms with van der Waals surface area (Å²) in [6.07, 6.45) is 0. The maximum Gasteiger partial charge on any atom is 0.505 e. The molecule has 0 unspecified atom stereocenters. The quantitative estimate of drug-likeness (QED) is 0.216. The summed E-state index contributed by atoms with van der Waals surface area (Å²) in [4.78, 5) is 30.1. The topological polar surface area (TPSA) is 134 Å². The van der Waals surface area contributed by atoms with E-state index in [0.29, 0.717) is 0 Å². The second kappa shape index (κ2) is 8.54. The molecule has 0 aliphatic rings. The molecule has 4 N–H and O–H groups in total. The normalized spacial score (nSPS) is 9.93. The van der Waals surface area contributed by atoms with Gasteiger partial charge in [0.25, 0.3) is 0 Å². The molecule has 0 aromatic rings. The van der Waals surface area contributed by atoms with Crippen molar-refractivity contribution in [1.82, 2.24) is 0 Å². The monoisotopic (exact) mass is 244 g/mol. The van der Waals surface area contributed by atoms with E-state index < -0.39 is 13.8 Å². The molecule has 0 fully saturated rings. The largest absolute Gasteiger partial charge is 0.505 e. The van der Waals surface area contributed by atoms with E-state index in [1.54, 1.807) is 0 Å². The van der Waals surface area contributed by atoms with Crippen LogP contribution in [0.4, 0.5) is 0 Å². The average molecular weight is 244 g/mol. The molecule has 0 heterocycles. The summed E-state index contributed by atoms with van der Waals surface area (Å²) >= 11 is 0. The number of carbonyl (C=O) groups excluding carboxylic acids is 1. The van der Waals surface area contributed by atoms with Gasteiger partial charge in [-0.1, -0.05) is 11.3 Å². The van der Waals surface area contributed by atoms with E-state index in [0.717, 1.165) is 0 Å². The maximum absolute atomic E-state index is 10.4. The predicted molar refractivity (Wildman–Crippen MR) is 48.2 cm³/mol. The molecule has 0 rings (SSSR count). The van der Waals surface area contributed by atoms with E-state index in [1.165, 1.54) is 6.92 Å². The maximum atomic E-state index is 10.4. The van der Waals surface area contributed by atoms with Crippen LogP contribution < -0.4 is 0 Å². The van der Waals surface area contributed by atoms with Gasteiger partial charge in [-0.2, -0.15) is 0 Å². The summed E-state index contributed by atoms with van der Waals surface area (Å²) in [5.74, 6) is -1.02. The van der Waals surface area contributed by atoms with Gasteiger partial charge in [0.2, 0.25) is 0 Å². The molecule has 90 valence electrons. The highest BCUT2D eigenvalue weighted by atomic mass is 31.2. The van der Waals surface area contributed by atoms with Gasteiger partial charge in [-0.25, -0.2) is 9.36 Å². The van der Waals surface area contributed by atoms with E-state index in [2.05, 4.69) is 16.1 Å². The molecular weight excluding hydrogens is 231 g/mol. The number of aliphatic hydroxyl groups is 2. The van der Waals surface area contributed by atoms with Crippen molar-refractivity contribution in [3.8, 4) is 0 Å². The summed E-state index contributed by atoms with van der Waals surface area (Å²) in [6.45, 7) is 4.21. The summed E-state index contributed by atoms with van der Waals surface area (Å²) < 4.78 is 13.3. The fraction of sp³-hybridized carbons (Fsp3) is 0.500. The fourth-order valence-corrected chi connectivity index (χ4v) is 0.318. The lowest BCUT2D eigenvalue weighted by Gasteiger charge is -2.02. The number of phosphoric acid groups is 1. The summed E-state index contributed by atoms with van der Waals surface area (Å²) in [6, 6.07) is 0. The van der Waals surface area contributed by atoms with Gasteiger partial charge in [0.05, 0.1) is 13.2 Å². The molecule has 0 atom stereocenters.